The Morgan fingerprint density at radius 1 is 1.06 bits per heavy atom. The summed E-state index contributed by atoms with van der Waals surface area (Å²) in [6, 6.07) is 17.8. The molecule has 0 unspecified atom stereocenters. The van der Waals surface area contributed by atoms with Crippen molar-refractivity contribution in [2.45, 2.75) is 6.92 Å². The molecule has 3 aromatic carbocycles. The molecule has 31 heavy (non-hydrogen) atoms. The van der Waals surface area contributed by atoms with Crippen molar-refractivity contribution in [2.24, 2.45) is 0 Å². The number of methoxy groups -OCH3 is 1. The van der Waals surface area contributed by atoms with Crippen molar-refractivity contribution >= 4 is 33.6 Å². The number of hydrogen-bond donors (Lipinski definition) is 0. The molecule has 0 spiro atoms. The summed E-state index contributed by atoms with van der Waals surface area (Å²) in [5.41, 5.74) is 2.42. The van der Waals surface area contributed by atoms with Crippen LogP contribution in [0.5, 0.6) is 17.2 Å². The zero-order valence-electron chi connectivity index (χ0n) is 17.0. The molecule has 0 aliphatic carbocycles. The lowest BCUT2D eigenvalue weighted by Crippen LogP contribution is -2.12. The average Bonchev–Trinajstić information content (AvgIpc) is 3.10. The zero-order chi connectivity index (χ0) is 22.0. The van der Waals surface area contributed by atoms with E-state index < -0.39 is 0 Å². The Balaban J connectivity index is 1.57. The van der Waals surface area contributed by atoms with E-state index in [0.717, 1.165) is 10.0 Å². The van der Waals surface area contributed by atoms with Crippen molar-refractivity contribution in [3.8, 4) is 17.2 Å². The van der Waals surface area contributed by atoms with Gasteiger partial charge in [0, 0.05) is 21.2 Å². The summed E-state index contributed by atoms with van der Waals surface area (Å²) in [5, 5.41) is 0. The normalized spacial score (nSPS) is 13.6. The number of benzene rings is 3. The average molecular weight is 479 g/mol. The van der Waals surface area contributed by atoms with Crippen LogP contribution in [-0.4, -0.2) is 25.3 Å². The van der Waals surface area contributed by atoms with Crippen LogP contribution in [0.4, 0.5) is 0 Å². The molecular formula is C25H19BrO5. The molecule has 0 bridgehead atoms. The Bertz CT molecular complexity index is 1200. The van der Waals surface area contributed by atoms with Crippen LogP contribution in [0.2, 0.25) is 0 Å². The van der Waals surface area contributed by atoms with Gasteiger partial charge in [0.2, 0.25) is 5.78 Å². The molecular weight excluding hydrogens is 460 g/mol. The van der Waals surface area contributed by atoms with Gasteiger partial charge in [-0.2, -0.15) is 0 Å². The third kappa shape index (κ3) is 4.25. The summed E-state index contributed by atoms with van der Waals surface area (Å²) in [6.07, 6.45) is 1.66. The fourth-order valence-corrected chi connectivity index (χ4v) is 3.71. The number of carbonyl (C=O) groups is 2. The SMILES string of the molecule is COc1ccc(Br)cc1/C=C1\Oc2c(ccc(OCC(=O)c3ccccc3)c2C)C1=O. The number of Topliss-reactive ketones (excluding diaryl/α,β-unsaturated/α-hetero) is 2. The molecule has 0 saturated heterocycles. The molecule has 0 saturated carbocycles. The van der Waals surface area contributed by atoms with Crippen molar-refractivity contribution in [3.05, 3.63) is 93.1 Å². The van der Waals surface area contributed by atoms with Crippen molar-refractivity contribution in [2.75, 3.05) is 13.7 Å². The van der Waals surface area contributed by atoms with Gasteiger partial charge in [-0.05, 0) is 43.3 Å². The maximum absolute atomic E-state index is 12.9. The minimum absolute atomic E-state index is 0.102. The number of ketones is 2. The predicted octanol–water partition coefficient (Wildman–Crippen LogP) is 5.64. The number of allylic oxidation sites excluding steroid dienone is 1. The number of halogens is 1. The number of hydrogen-bond acceptors (Lipinski definition) is 5. The topological polar surface area (TPSA) is 61.8 Å². The number of fused-ring (bicyclic) bond motifs is 1. The number of ether oxygens (including phenoxy) is 3. The highest BCUT2D eigenvalue weighted by atomic mass is 79.9. The lowest BCUT2D eigenvalue weighted by Gasteiger charge is -2.11. The van der Waals surface area contributed by atoms with Gasteiger partial charge in [0.25, 0.3) is 0 Å². The Hall–Kier alpha value is -3.38. The molecule has 1 aliphatic heterocycles. The van der Waals surface area contributed by atoms with Gasteiger partial charge in [-0.15, -0.1) is 0 Å². The lowest BCUT2D eigenvalue weighted by molar-refractivity contribution is 0.0920. The van der Waals surface area contributed by atoms with Gasteiger partial charge in [0.15, 0.2) is 18.1 Å². The van der Waals surface area contributed by atoms with Gasteiger partial charge >= 0.3 is 0 Å². The second-order valence-electron chi connectivity index (χ2n) is 6.97. The molecule has 6 heteroatoms. The van der Waals surface area contributed by atoms with E-state index in [1.807, 2.05) is 36.4 Å². The summed E-state index contributed by atoms with van der Waals surface area (Å²) in [5.74, 6) is 1.43. The van der Waals surface area contributed by atoms with E-state index in [9.17, 15) is 9.59 Å². The molecule has 3 aromatic rings. The summed E-state index contributed by atoms with van der Waals surface area (Å²) in [7, 11) is 1.57. The van der Waals surface area contributed by atoms with Crippen molar-refractivity contribution < 1.29 is 23.8 Å². The number of carbonyl (C=O) groups excluding carboxylic acids is 2. The molecule has 0 aromatic heterocycles. The van der Waals surface area contributed by atoms with Crippen LogP contribution >= 0.6 is 15.9 Å². The quantitative estimate of drug-likeness (QED) is 0.338. The van der Waals surface area contributed by atoms with Gasteiger partial charge < -0.3 is 14.2 Å². The molecule has 0 amide bonds. The molecule has 156 valence electrons. The summed E-state index contributed by atoms with van der Waals surface area (Å²) < 4.78 is 17.9. The minimum atomic E-state index is -0.216. The fourth-order valence-electron chi connectivity index (χ4n) is 3.33. The standard InChI is InChI=1S/C25H19BrO5/c1-15-21(30-14-20(27)16-6-4-3-5-7-16)11-9-19-24(28)23(31-25(15)19)13-17-12-18(26)8-10-22(17)29-2/h3-13H,14H2,1-2H3/b23-13-. The summed E-state index contributed by atoms with van der Waals surface area (Å²) >= 11 is 3.43. The van der Waals surface area contributed by atoms with Crippen LogP contribution in [0.15, 0.2) is 70.9 Å². The van der Waals surface area contributed by atoms with Gasteiger partial charge in [-0.3, -0.25) is 9.59 Å². The third-order valence-corrected chi connectivity index (χ3v) is 5.46. The first-order valence-electron chi connectivity index (χ1n) is 9.60. The second-order valence-corrected chi connectivity index (χ2v) is 7.88. The molecule has 0 radical (unpaired) electrons. The molecule has 4 rings (SSSR count). The first kappa shape index (κ1) is 20.9. The van der Waals surface area contributed by atoms with E-state index in [1.54, 1.807) is 44.4 Å². The Morgan fingerprint density at radius 3 is 2.55 bits per heavy atom. The Kier molecular flexibility index (Phi) is 5.91. The first-order valence-corrected chi connectivity index (χ1v) is 10.4. The molecule has 0 N–H and O–H groups in total. The van der Waals surface area contributed by atoms with Crippen LogP contribution in [0.3, 0.4) is 0 Å². The lowest BCUT2D eigenvalue weighted by atomic mass is 10.1. The number of rotatable bonds is 6. The van der Waals surface area contributed by atoms with Crippen LogP contribution in [0, 0.1) is 6.92 Å². The maximum Gasteiger partial charge on any atom is 0.231 e. The minimum Gasteiger partial charge on any atom is -0.496 e. The highest BCUT2D eigenvalue weighted by molar-refractivity contribution is 9.10. The van der Waals surface area contributed by atoms with E-state index in [-0.39, 0.29) is 23.9 Å². The monoisotopic (exact) mass is 478 g/mol. The zero-order valence-corrected chi connectivity index (χ0v) is 18.6. The van der Waals surface area contributed by atoms with E-state index in [2.05, 4.69) is 15.9 Å². The van der Waals surface area contributed by atoms with Gasteiger partial charge in [0.1, 0.15) is 17.2 Å². The highest BCUT2D eigenvalue weighted by Gasteiger charge is 2.30. The van der Waals surface area contributed by atoms with E-state index in [1.165, 1.54) is 0 Å². The van der Waals surface area contributed by atoms with Crippen molar-refractivity contribution in [1.29, 1.82) is 0 Å². The third-order valence-electron chi connectivity index (χ3n) is 4.97. The summed E-state index contributed by atoms with van der Waals surface area (Å²) in [4.78, 5) is 25.2. The molecule has 1 heterocycles. The van der Waals surface area contributed by atoms with E-state index in [4.69, 9.17) is 14.2 Å². The van der Waals surface area contributed by atoms with Crippen LogP contribution < -0.4 is 14.2 Å². The Morgan fingerprint density at radius 2 is 1.81 bits per heavy atom. The largest absolute Gasteiger partial charge is 0.496 e. The van der Waals surface area contributed by atoms with Crippen molar-refractivity contribution in [3.63, 3.8) is 0 Å². The van der Waals surface area contributed by atoms with Gasteiger partial charge in [-0.25, -0.2) is 0 Å². The second kappa shape index (κ2) is 8.78. The molecule has 5 nitrogen and oxygen atoms in total. The van der Waals surface area contributed by atoms with Crippen molar-refractivity contribution in [1.82, 2.24) is 0 Å². The fraction of sp³-hybridized carbons (Fsp3) is 0.120. The van der Waals surface area contributed by atoms with E-state index >= 15 is 0 Å². The Labute approximate surface area is 188 Å². The van der Waals surface area contributed by atoms with Gasteiger partial charge in [0.05, 0.1) is 12.7 Å². The smallest absolute Gasteiger partial charge is 0.231 e. The highest BCUT2D eigenvalue weighted by Crippen LogP contribution is 2.40. The molecule has 0 fully saturated rings. The van der Waals surface area contributed by atoms with Crippen LogP contribution in [-0.2, 0) is 0 Å². The summed E-state index contributed by atoms with van der Waals surface area (Å²) in [6.45, 7) is 1.70. The predicted molar refractivity (Wildman–Crippen MR) is 121 cm³/mol. The first-order chi connectivity index (χ1) is 15.0. The van der Waals surface area contributed by atoms with Crippen LogP contribution in [0.1, 0.15) is 31.8 Å². The molecule has 1 aliphatic rings. The molecule has 0 atom stereocenters. The van der Waals surface area contributed by atoms with Crippen LogP contribution in [0.25, 0.3) is 6.08 Å². The maximum atomic E-state index is 12.9. The van der Waals surface area contributed by atoms with Gasteiger partial charge in [-0.1, -0.05) is 46.3 Å². The van der Waals surface area contributed by atoms with E-state index in [0.29, 0.717) is 33.9 Å².